The summed E-state index contributed by atoms with van der Waals surface area (Å²) < 4.78 is 17.7. The highest BCUT2D eigenvalue weighted by molar-refractivity contribution is 7.13. The van der Waals surface area contributed by atoms with E-state index in [9.17, 15) is 4.79 Å². The molecule has 0 atom stereocenters. The van der Waals surface area contributed by atoms with E-state index >= 15 is 0 Å². The van der Waals surface area contributed by atoms with Gasteiger partial charge in [-0.15, -0.1) is 11.3 Å². The lowest BCUT2D eigenvalue weighted by molar-refractivity contribution is 0.0467. The van der Waals surface area contributed by atoms with E-state index in [0.717, 1.165) is 16.8 Å². The number of para-hydroxylation sites is 1. The molecule has 4 aromatic rings. The lowest BCUT2D eigenvalue weighted by atomic mass is 10.2. The molecule has 0 radical (unpaired) electrons. The number of methoxy groups -OCH3 is 2. The second kappa shape index (κ2) is 8.79. The van der Waals surface area contributed by atoms with Gasteiger partial charge < -0.3 is 14.2 Å². The molecule has 0 aliphatic heterocycles. The summed E-state index contributed by atoms with van der Waals surface area (Å²) in [6.45, 7) is 0.120. The Bertz CT molecular complexity index is 1150. The fraction of sp³-hybridized carbons (Fsp3) is 0.136. The molecule has 0 saturated carbocycles. The minimum atomic E-state index is -0.481. The van der Waals surface area contributed by atoms with Gasteiger partial charge in [0.15, 0.2) is 17.2 Å². The average molecular weight is 421 g/mol. The van der Waals surface area contributed by atoms with Gasteiger partial charge in [-0.1, -0.05) is 18.2 Å². The van der Waals surface area contributed by atoms with Gasteiger partial charge in [-0.05, 0) is 30.3 Å². The molecule has 4 rings (SSSR count). The molecule has 8 heteroatoms. The van der Waals surface area contributed by atoms with Crippen LogP contribution >= 0.6 is 11.3 Å². The minimum absolute atomic E-state index is 0.120. The van der Waals surface area contributed by atoms with E-state index in [1.54, 1.807) is 36.5 Å². The van der Waals surface area contributed by atoms with Gasteiger partial charge in [-0.25, -0.2) is 14.5 Å². The molecule has 0 spiro atoms. The second-order valence-electron chi connectivity index (χ2n) is 6.31. The van der Waals surface area contributed by atoms with Crippen LogP contribution in [0.1, 0.15) is 16.1 Å². The number of nitrogens with zero attached hydrogens (tertiary/aromatic N) is 3. The summed E-state index contributed by atoms with van der Waals surface area (Å²) in [5.41, 5.74) is 2.83. The van der Waals surface area contributed by atoms with Gasteiger partial charge in [0.25, 0.3) is 0 Å². The van der Waals surface area contributed by atoms with Crippen LogP contribution in [0.25, 0.3) is 16.3 Å². The molecule has 0 aliphatic rings. The minimum Gasteiger partial charge on any atom is -0.493 e. The van der Waals surface area contributed by atoms with Crippen molar-refractivity contribution in [2.75, 3.05) is 14.2 Å². The summed E-state index contributed by atoms with van der Waals surface area (Å²) in [6, 6.07) is 15.2. The van der Waals surface area contributed by atoms with Crippen molar-refractivity contribution >= 4 is 17.3 Å². The molecule has 0 fully saturated rings. The zero-order valence-corrected chi connectivity index (χ0v) is 17.3. The van der Waals surface area contributed by atoms with Gasteiger partial charge in [0, 0.05) is 22.7 Å². The molecule has 0 N–H and O–H groups in total. The third-order valence-corrected chi connectivity index (χ3v) is 5.26. The van der Waals surface area contributed by atoms with Crippen molar-refractivity contribution in [2.24, 2.45) is 0 Å². The lowest BCUT2D eigenvalue weighted by Crippen LogP contribution is -2.05. The number of thiazole rings is 1. The maximum Gasteiger partial charge on any atom is 0.358 e. The summed E-state index contributed by atoms with van der Waals surface area (Å²) in [5.74, 6) is 0.753. The first-order valence-corrected chi connectivity index (χ1v) is 10.00. The molecule has 2 heterocycles. The van der Waals surface area contributed by atoms with Crippen LogP contribution in [0, 0.1) is 0 Å². The summed E-state index contributed by atoms with van der Waals surface area (Å²) in [4.78, 5) is 16.8. The fourth-order valence-corrected chi connectivity index (χ4v) is 3.64. The predicted octanol–water partition coefficient (Wildman–Crippen LogP) is 4.37. The fourth-order valence-electron chi connectivity index (χ4n) is 2.85. The number of carbonyl (C=O) groups is 1. The maximum atomic E-state index is 12.4. The van der Waals surface area contributed by atoms with Crippen LogP contribution in [0.15, 0.2) is 66.3 Å². The Labute approximate surface area is 177 Å². The van der Waals surface area contributed by atoms with Gasteiger partial charge >= 0.3 is 5.97 Å². The molecule has 152 valence electrons. The highest BCUT2D eigenvalue weighted by Crippen LogP contribution is 2.33. The number of aromatic nitrogens is 3. The Hall–Kier alpha value is -3.65. The molecular weight excluding hydrogens is 402 g/mol. The predicted molar refractivity (Wildman–Crippen MR) is 113 cm³/mol. The van der Waals surface area contributed by atoms with E-state index in [1.165, 1.54) is 11.3 Å². The van der Waals surface area contributed by atoms with Crippen LogP contribution in [-0.2, 0) is 11.3 Å². The van der Waals surface area contributed by atoms with Crippen molar-refractivity contribution < 1.29 is 19.0 Å². The largest absolute Gasteiger partial charge is 0.493 e. The highest BCUT2D eigenvalue weighted by Gasteiger charge is 2.15. The number of carbonyl (C=O) groups excluding carboxylic acids is 1. The Balaban J connectivity index is 1.42. The maximum absolute atomic E-state index is 12.4. The summed E-state index contributed by atoms with van der Waals surface area (Å²) in [7, 11) is 3.16. The van der Waals surface area contributed by atoms with E-state index in [4.69, 9.17) is 14.2 Å². The van der Waals surface area contributed by atoms with Crippen molar-refractivity contribution in [3.05, 3.63) is 77.6 Å². The van der Waals surface area contributed by atoms with Gasteiger partial charge in [0.05, 0.1) is 26.1 Å². The normalized spacial score (nSPS) is 10.6. The molecule has 2 aromatic heterocycles. The van der Waals surface area contributed by atoms with E-state index in [2.05, 4.69) is 10.1 Å². The molecule has 0 saturated heterocycles. The number of benzene rings is 2. The molecule has 2 aromatic carbocycles. The topological polar surface area (TPSA) is 75.5 Å². The molecule has 0 amide bonds. The lowest BCUT2D eigenvalue weighted by Gasteiger charge is -2.08. The second-order valence-corrected chi connectivity index (χ2v) is 7.17. The molecule has 0 bridgehead atoms. The van der Waals surface area contributed by atoms with Crippen LogP contribution in [-0.4, -0.2) is 35.0 Å². The first-order chi connectivity index (χ1) is 14.7. The summed E-state index contributed by atoms with van der Waals surface area (Å²) in [6.07, 6.45) is 3.51. The Morgan fingerprint density at radius 2 is 1.87 bits per heavy atom. The van der Waals surface area contributed by atoms with Crippen molar-refractivity contribution in [1.82, 2.24) is 14.8 Å². The Morgan fingerprint density at radius 3 is 2.63 bits per heavy atom. The van der Waals surface area contributed by atoms with E-state index in [-0.39, 0.29) is 12.3 Å². The Morgan fingerprint density at radius 1 is 1.07 bits per heavy atom. The average Bonchev–Trinajstić information content (AvgIpc) is 3.48. The van der Waals surface area contributed by atoms with Gasteiger partial charge in [-0.2, -0.15) is 5.10 Å². The van der Waals surface area contributed by atoms with Gasteiger partial charge in [-0.3, -0.25) is 0 Å². The third-order valence-electron chi connectivity index (χ3n) is 4.37. The Kier molecular flexibility index (Phi) is 5.76. The molecule has 7 nitrogen and oxygen atoms in total. The summed E-state index contributed by atoms with van der Waals surface area (Å²) >= 11 is 1.36. The van der Waals surface area contributed by atoms with Crippen LogP contribution in [0.3, 0.4) is 0 Å². The van der Waals surface area contributed by atoms with Crippen molar-refractivity contribution in [1.29, 1.82) is 0 Å². The van der Waals surface area contributed by atoms with Gasteiger partial charge in [0.2, 0.25) is 0 Å². The van der Waals surface area contributed by atoms with E-state index in [0.29, 0.717) is 16.5 Å². The molecule has 30 heavy (non-hydrogen) atoms. The number of hydrogen-bond acceptors (Lipinski definition) is 7. The highest BCUT2D eigenvalue weighted by atomic mass is 32.1. The zero-order valence-electron chi connectivity index (χ0n) is 16.4. The first-order valence-electron chi connectivity index (χ1n) is 9.12. The van der Waals surface area contributed by atoms with Gasteiger partial charge in [0.1, 0.15) is 11.6 Å². The number of hydrogen-bond donors (Lipinski definition) is 0. The molecule has 0 aliphatic carbocycles. The zero-order chi connectivity index (χ0) is 20.9. The van der Waals surface area contributed by atoms with Crippen LogP contribution < -0.4 is 9.47 Å². The molecule has 0 unspecified atom stereocenters. The number of ether oxygens (including phenoxy) is 3. The standard InChI is InChI=1S/C22H19N3O4S/c1-27-19-9-8-16(10-20(19)28-2)21-24-18(14-30-21)22(26)29-13-15-11-23-25(12-15)17-6-4-3-5-7-17/h3-12,14H,13H2,1-2H3. The van der Waals surface area contributed by atoms with Crippen molar-refractivity contribution in [3.63, 3.8) is 0 Å². The van der Waals surface area contributed by atoms with Crippen molar-refractivity contribution in [2.45, 2.75) is 6.61 Å². The van der Waals surface area contributed by atoms with E-state index < -0.39 is 5.97 Å². The smallest absolute Gasteiger partial charge is 0.358 e. The van der Waals surface area contributed by atoms with Crippen molar-refractivity contribution in [3.8, 4) is 27.8 Å². The van der Waals surface area contributed by atoms with Crippen LogP contribution in [0.2, 0.25) is 0 Å². The SMILES string of the molecule is COc1ccc(-c2nc(C(=O)OCc3cnn(-c4ccccc4)c3)cs2)cc1OC. The quantitative estimate of drug-likeness (QED) is 0.413. The third kappa shape index (κ3) is 4.18. The van der Waals surface area contributed by atoms with E-state index in [1.807, 2.05) is 48.7 Å². The monoisotopic (exact) mass is 421 g/mol. The number of rotatable bonds is 7. The number of esters is 1. The summed E-state index contributed by atoms with van der Waals surface area (Å²) in [5, 5.41) is 6.68. The first kappa shape index (κ1) is 19.7. The molecular formula is C22H19N3O4S. The van der Waals surface area contributed by atoms with Crippen LogP contribution in [0.4, 0.5) is 0 Å². The van der Waals surface area contributed by atoms with Crippen LogP contribution in [0.5, 0.6) is 11.5 Å².